The van der Waals surface area contributed by atoms with Gasteiger partial charge in [-0.1, -0.05) is 6.07 Å². The number of rotatable bonds is 3. The molecule has 0 spiro atoms. The number of hydrogen-bond acceptors (Lipinski definition) is 1. The van der Waals surface area contributed by atoms with E-state index in [1.807, 2.05) is 0 Å². The zero-order valence-corrected chi connectivity index (χ0v) is 10.8. The quantitative estimate of drug-likeness (QED) is 0.743. The fraction of sp³-hybridized carbons (Fsp3) is 0.462. The topological polar surface area (TPSA) is 17.8 Å². The Labute approximate surface area is 101 Å². The Morgan fingerprint density at radius 3 is 2.75 bits per heavy atom. The first-order chi connectivity index (χ1) is 7.63. The monoisotopic (exact) mass is 236 g/mol. The van der Waals surface area contributed by atoms with Crippen molar-refractivity contribution < 1.29 is 0 Å². The minimum absolute atomic E-state index is 0.421. The normalized spacial score (nSPS) is 11.6. The van der Waals surface area contributed by atoms with Crippen LogP contribution < -0.4 is 0 Å². The average molecular weight is 237 g/mol. The Balaban J connectivity index is 2.67. The van der Waals surface area contributed by atoms with Crippen molar-refractivity contribution in [2.45, 2.75) is 33.2 Å². The lowest BCUT2D eigenvalue weighted by Crippen LogP contribution is -2.06. The Kier molecular flexibility index (Phi) is 3.20. The molecule has 0 fully saturated rings. The van der Waals surface area contributed by atoms with Gasteiger partial charge < -0.3 is 4.57 Å². The highest BCUT2D eigenvalue weighted by Gasteiger charge is 2.12. The SMILES string of the molecule is Cc1ccc2nc(CCCl)n(C(C)C)c2c1. The van der Waals surface area contributed by atoms with Crippen molar-refractivity contribution in [3.8, 4) is 0 Å². The van der Waals surface area contributed by atoms with Gasteiger partial charge in [-0.25, -0.2) is 4.98 Å². The summed E-state index contributed by atoms with van der Waals surface area (Å²) in [6.07, 6.45) is 0.827. The van der Waals surface area contributed by atoms with Crippen LogP contribution in [0.15, 0.2) is 18.2 Å². The standard InChI is InChI=1S/C13H17ClN2/c1-9(2)16-12-8-10(3)4-5-11(12)15-13(16)6-7-14/h4-5,8-9H,6-7H2,1-3H3. The zero-order chi connectivity index (χ0) is 11.7. The summed E-state index contributed by atoms with van der Waals surface area (Å²) in [7, 11) is 0. The van der Waals surface area contributed by atoms with Crippen molar-refractivity contribution in [2.75, 3.05) is 5.88 Å². The predicted molar refractivity (Wildman–Crippen MR) is 69.3 cm³/mol. The molecule has 0 bridgehead atoms. The molecular formula is C13H17ClN2. The maximum Gasteiger partial charge on any atom is 0.111 e. The van der Waals surface area contributed by atoms with Gasteiger partial charge in [-0.3, -0.25) is 0 Å². The molecule has 2 nitrogen and oxygen atoms in total. The Bertz CT molecular complexity index is 500. The summed E-state index contributed by atoms with van der Waals surface area (Å²) in [6.45, 7) is 6.47. The highest BCUT2D eigenvalue weighted by atomic mass is 35.5. The molecule has 0 aliphatic heterocycles. The predicted octanol–water partition coefficient (Wildman–Crippen LogP) is 3.71. The number of aromatic nitrogens is 2. The maximum absolute atomic E-state index is 5.82. The summed E-state index contributed by atoms with van der Waals surface area (Å²) in [4.78, 5) is 4.64. The lowest BCUT2D eigenvalue weighted by molar-refractivity contribution is 0.588. The summed E-state index contributed by atoms with van der Waals surface area (Å²) in [6, 6.07) is 6.80. The zero-order valence-electron chi connectivity index (χ0n) is 10.00. The first-order valence-corrected chi connectivity index (χ1v) is 6.20. The van der Waals surface area contributed by atoms with Gasteiger partial charge in [-0.15, -0.1) is 11.6 Å². The van der Waals surface area contributed by atoms with E-state index < -0.39 is 0 Å². The Morgan fingerprint density at radius 2 is 2.12 bits per heavy atom. The van der Waals surface area contributed by atoms with Gasteiger partial charge in [-0.05, 0) is 38.5 Å². The van der Waals surface area contributed by atoms with Crippen LogP contribution in [0, 0.1) is 6.92 Å². The molecule has 0 aliphatic rings. The average Bonchev–Trinajstić information content (AvgIpc) is 2.55. The van der Waals surface area contributed by atoms with E-state index in [1.165, 1.54) is 11.1 Å². The number of alkyl halides is 1. The molecule has 86 valence electrons. The summed E-state index contributed by atoms with van der Waals surface area (Å²) < 4.78 is 2.28. The van der Waals surface area contributed by atoms with Crippen LogP contribution in [0.5, 0.6) is 0 Å². The van der Waals surface area contributed by atoms with E-state index in [0.717, 1.165) is 17.8 Å². The van der Waals surface area contributed by atoms with Gasteiger partial charge in [0.1, 0.15) is 5.82 Å². The van der Waals surface area contributed by atoms with Crippen LogP contribution >= 0.6 is 11.6 Å². The molecule has 0 radical (unpaired) electrons. The summed E-state index contributed by atoms with van der Waals surface area (Å²) in [5.41, 5.74) is 3.56. The molecule has 2 rings (SSSR count). The molecule has 0 saturated carbocycles. The van der Waals surface area contributed by atoms with Gasteiger partial charge in [0.05, 0.1) is 11.0 Å². The highest BCUT2D eigenvalue weighted by Crippen LogP contribution is 2.22. The van der Waals surface area contributed by atoms with Crippen molar-refractivity contribution in [1.29, 1.82) is 0 Å². The first-order valence-electron chi connectivity index (χ1n) is 5.67. The smallest absolute Gasteiger partial charge is 0.111 e. The lowest BCUT2D eigenvalue weighted by atomic mass is 10.2. The molecular weight excluding hydrogens is 220 g/mol. The van der Waals surface area contributed by atoms with Crippen molar-refractivity contribution in [1.82, 2.24) is 9.55 Å². The van der Waals surface area contributed by atoms with Gasteiger partial charge in [-0.2, -0.15) is 0 Å². The highest BCUT2D eigenvalue weighted by molar-refractivity contribution is 6.17. The van der Waals surface area contributed by atoms with Gasteiger partial charge in [0, 0.05) is 18.3 Å². The van der Waals surface area contributed by atoms with Crippen molar-refractivity contribution in [3.63, 3.8) is 0 Å². The van der Waals surface area contributed by atoms with E-state index in [2.05, 4.69) is 48.5 Å². The summed E-state index contributed by atoms with van der Waals surface area (Å²) >= 11 is 5.82. The summed E-state index contributed by atoms with van der Waals surface area (Å²) in [5.74, 6) is 1.71. The molecule has 0 unspecified atom stereocenters. The van der Waals surface area contributed by atoms with Crippen LogP contribution in [-0.4, -0.2) is 15.4 Å². The molecule has 0 saturated heterocycles. The van der Waals surface area contributed by atoms with Crippen molar-refractivity contribution in [2.24, 2.45) is 0 Å². The van der Waals surface area contributed by atoms with Crippen LogP contribution in [0.25, 0.3) is 11.0 Å². The lowest BCUT2D eigenvalue weighted by Gasteiger charge is -2.12. The van der Waals surface area contributed by atoms with Crippen molar-refractivity contribution in [3.05, 3.63) is 29.6 Å². The number of fused-ring (bicyclic) bond motifs is 1. The molecule has 1 heterocycles. The molecule has 3 heteroatoms. The number of benzene rings is 1. The largest absolute Gasteiger partial charge is 0.325 e. The van der Waals surface area contributed by atoms with Crippen LogP contribution in [0.2, 0.25) is 0 Å². The molecule has 0 amide bonds. The molecule has 2 aromatic rings. The molecule has 16 heavy (non-hydrogen) atoms. The van der Waals surface area contributed by atoms with E-state index >= 15 is 0 Å². The van der Waals surface area contributed by atoms with E-state index in [0.29, 0.717) is 11.9 Å². The fourth-order valence-electron chi connectivity index (χ4n) is 2.09. The minimum atomic E-state index is 0.421. The molecule has 0 N–H and O–H groups in total. The van der Waals surface area contributed by atoms with Gasteiger partial charge >= 0.3 is 0 Å². The van der Waals surface area contributed by atoms with E-state index in [1.54, 1.807) is 0 Å². The fourth-order valence-corrected chi connectivity index (χ4v) is 2.26. The van der Waals surface area contributed by atoms with Gasteiger partial charge in [0.25, 0.3) is 0 Å². The maximum atomic E-state index is 5.82. The second-order valence-electron chi connectivity index (χ2n) is 4.42. The molecule has 0 aliphatic carbocycles. The summed E-state index contributed by atoms with van der Waals surface area (Å²) in [5, 5.41) is 0. The van der Waals surface area contributed by atoms with Gasteiger partial charge in [0.2, 0.25) is 0 Å². The van der Waals surface area contributed by atoms with E-state index in [4.69, 9.17) is 11.6 Å². The molecule has 1 aromatic carbocycles. The number of halogens is 1. The first kappa shape index (κ1) is 11.5. The molecule has 0 atom stereocenters. The minimum Gasteiger partial charge on any atom is -0.325 e. The van der Waals surface area contributed by atoms with Crippen LogP contribution in [0.3, 0.4) is 0 Å². The third-order valence-corrected chi connectivity index (χ3v) is 2.94. The second kappa shape index (κ2) is 4.46. The second-order valence-corrected chi connectivity index (χ2v) is 4.80. The third kappa shape index (κ3) is 1.94. The number of nitrogens with zero attached hydrogens (tertiary/aromatic N) is 2. The number of hydrogen-bond donors (Lipinski definition) is 0. The Morgan fingerprint density at radius 1 is 1.38 bits per heavy atom. The number of aryl methyl sites for hydroxylation is 2. The van der Waals surface area contributed by atoms with Crippen LogP contribution in [-0.2, 0) is 6.42 Å². The third-order valence-electron chi connectivity index (χ3n) is 2.75. The van der Waals surface area contributed by atoms with Crippen molar-refractivity contribution >= 4 is 22.6 Å². The molecule has 1 aromatic heterocycles. The van der Waals surface area contributed by atoms with E-state index in [-0.39, 0.29) is 0 Å². The van der Waals surface area contributed by atoms with Gasteiger partial charge in [0.15, 0.2) is 0 Å². The Hall–Kier alpha value is -1.02. The van der Waals surface area contributed by atoms with Crippen LogP contribution in [0.4, 0.5) is 0 Å². The van der Waals surface area contributed by atoms with Crippen LogP contribution in [0.1, 0.15) is 31.3 Å². The number of imidazole rings is 1. The van der Waals surface area contributed by atoms with E-state index in [9.17, 15) is 0 Å².